The van der Waals surface area contributed by atoms with Crippen LogP contribution in [0.3, 0.4) is 0 Å². The molecule has 1 amide bonds. The fraction of sp³-hybridized carbons (Fsp3) is 0.391. The lowest BCUT2D eigenvalue weighted by atomic mass is 9.89. The van der Waals surface area contributed by atoms with Gasteiger partial charge in [-0.15, -0.1) is 0 Å². The molecular formula is C23H26N4O3. The first-order valence-electron chi connectivity index (χ1n) is 10.4. The normalized spacial score (nSPS) is 18.7. The third-order valence-electron chi connectivity index (χ3n) is 5.46. The second kappa shape index (κ2) is 8.26. The third-order valence-corrected chi connectivity index (χ3v) is 5.46. The zero-order valence-corrected chi connectivity index (χ0v) is 17.5. The number of anilines is 1. The van der Waals surface area contributed by atoms with Crippen LogP contribution in [-0.4, -0.2) is 39.6 Å². The molecule has 0 spiro atoms. The molecule has 2 aromatic heterocycles. The number of esters is 1. The van der Waals surface area contributed by atoms with Crippen molar-refractivity contribution in [3.63, 3.8) is 0 Å². The van der Waals surface area contributed by atoms with E-state index in [2.05, 4.69) is 18.8 Å². The van der Waals surface area contributed by atoms with E-state index in [4.69, 9.17) is 9.72 Å². The van der Waals surface area contributed by atoms with Crippen LogP contribution in [-0.2, 0) is 14.3 Å². The van der Waals surface area contributed by atoms with Gasteiger partial charge in [0.05, 0.1) is 23.7 Å². The number of amides is 1. The van der Waals surface area contributed by atoms with Gasteiger partial charge in [-0.1, -0.05) is 26.0 Å². The van der Waals surface area contributed by atoms with E-state index in [1.807, 2.05) is 41.0 Å². The van der Waals surface area contributed by atoms with Crippen LogP contribution in [0.4, 0.5) is 5.95 Å². The number of carbonyl (C=O) groups is 2. The number of nitrogens with zero attached hydrogens (tertiary/aromatic N) is 4. The van der Waals surface area contributed by atoms with Crippen molar-refractivity contribution in [2.45, 2.75) is 33.2 Å². The van der Waals surface area contributed by atoms with E-state index in [0.29, 0.717) is 18.4 Å². The molecule has 0 fully saturated rings. The van der Waals surface area contributed by atoms with Crippen molar-refractivity contribution in [2.75, 3.05) is 18.1 Å². The van der Waals surface area contributed by atoms with Crippen molar-refractivity contribution in [3.8, 4) is 0 Å². The van der Waals surface area contributed by atoms with Crippen molar-refractivity contribution in [1.82, 2.24) is 14.5 Å². The first-order valence-corrected chi connectivity index (χ1v) is 10.4. The Balaban J connectivity index is 1.95. The van der Waals surface area contributed by atoms with E-state index in [9.17, 15) is 9.59 Å². The standard InChI is InChI=1S/C23H26N4O3/c1-4-30-22(29)19-20(16-9-12-24-13-10-16)27-18-8-6-5-7-17(18)25-23(27)26(21(19)28)14-11-15(2)3/h5-10,12-13,15,19-20H,4,11,14H2,1-3H3/t19-,20-/m1/s1. The molecular weight excluding hydrogens is 380 g/mol. The van der Waals surface area contributed by atoms with Crippen LogP contribution in [0.5, 0.6) is 0 Å². The molecule has 0 saturated carbocycles. The van der Waals surface area contributed by atoms with Crippen LogP contribution < -0.4 is 4.90 Å². The van der Waals surface area contributed by atoms with E-state index >= 15 is 0 Å². The van der Waals surface area contributed by atoms with E-state index < -0.39 is 17.9 Å². The van der Waals surface area contributed by atoms with Crippen LogP contribution in [0.2, 0.25) is 0 Å². The molecule has 0 bridgehead atoms. The van der Waals surface area contributed by atoms with Crippen molar-refractivity contribution >= 4 is 28.9 Å². The maximum Gasteiger partial charge on any atom is 0.321 e. The number of ether oxygens (including phenoxy) is 1. The van der Waals surface area contributed by atoms with Gasteiger partial charge >= 0.3 is 5.97 Å². The highest BCUT2D eigenvalue weighted by Gasteiger charge is 2.47. The topological polar surface area (TPSA) is 77.3 Å². The van der Waals surface area contributed by atoms with Crippen LogP contribution in [0, 0.1) is 11.8 Å². The van der Waals surface area contributed by atoms with Crippen molar-refractivity contribution in [3.05, 3.63) is 54.4 Å². The molecule has 0 radical (unpaired) electrons. The number of para-hydroxylation sites is 2. The molecule has 156 valence electrons. The Hall–Kier alpha value is -3.22. The number of hydrogen-bond donors (Lipinski definition) is 0. The van der Waals surface area contributed by atoms with Crippen molar-refractivity contribution < 1.29 is 14.3 Å². The van der Waals surface area contributed by atoms with E-state index in [0.717, 1.165) is 23.0 Å². The quantitative estimate of drug-likeness (QED) is 0.462. The first-order chi connectivity index (χ1) is 14.5. The zero-order valence-electron chi connectivity index (χ0n) is 17.5. The maximum absolute atomic E-state index is 13.6. The fourth-order valence-electron chi connectivity index (χ4n) is 4.01. The number of fused-ring (bicyclic) bond motifs is 3. The zero-order chi connectivity index (χ0) is 21.3. The molecule has 1 aliphatic heterocycles. The third kappa shape index (κ3) is 3.44. The van der Waals surface area contributed by atoms with Gasteiger partial charge in [-0.3, -0.25) is 19.5 Å². The van der Waals surface area contributed by atoms with Gasteiger partial charge in [0.15, 0.2) is 5.92 Å². The average Bonchev–Trinajstić information content (AvgIpc) is 3.12. The van der Waals surface area contributed by atoms with Crippen LogP contribution in [0.25, 0.3) is 11.0 Å². The highest BCUT2D eigenvalue weighted by Crippen LogP contribution is 2.41. The molecule has 7 nitrogen and oxygen atoms in total. The highest BCUT2D eigenvalue weighted by atomic mass is 16.5. The lowest BCUT2D eigenvalue weighted by molar-refractivity contribution is -0.153. The first kappa shape index (κ1) is 20.1. The second-order valence-corrected chi connectivity index (χ2v) is 7.90. The number of hydrogen-bond acceptors (Lipinski definition) is 5. The summed E-state index contributed by atoms with van der Waals surface area (Å²) in [7, 11) is 0. The molecule has 1 aromatic carbocycles. The summed E-state index contributed by atoms with van der Waals surface area (Å²) in [5.41, 5.74) is 2.49. The number of imidazole rings is 1. The van der Waals surface area contributed by atoms with Crippen molar-refractivity contribution in [2.24, 2.45) is 11.8 Å². The Morgan fingerprint density at radius 3 is 2.60 bits per heavy atom. The number of aromatic nitrogens is 3. The SMILES string of the molecule is CCOC(=O)[C@H]1C(=O)N(CCC(C)C)c2nc3ccccc3n2[C@@H]1c1ccncc1. The summed E-state index contributed by atoms with van der Waals surface area (Å²) in [5.74, 6) is -0.774. The summed E-state index contributed by atoms with van der Waals surface area (Å²) < 4.78 is 7.35. The predicted molar refractivity (Wildman–Crippen MR) is 114 cm³/mol. The molecule has 3 aromatic rings. The molecule has 7 heteroatoms. The molecule has 0 N–H and O–H groups in total. The van der Waals surface area contributed by atoms with E-state index in [1.165, 1.54) is 0 Å². The minimum absolute atomic E-state index is 0.217. The predicted octanol–water partition coefficient (Wildman–Crippen LogP) is 3.59. The number of rotatable bonds is 6. The Morgan fingerprint density at radius 1 is 1.17 bits per heavy atom. The summed E-state index contributed by atoms with van der Waals surface area (Å²) in [6.07, 6.45) is 4.16. The molecule has 1 aliphatic rings. The lowest BCUT2D eigenvalue weighted by Gasteiger charge is -2.38. The molecule has 2 atom stereocenters. The van der Waals surface area contributed by atoms with Gasteiger partial charge in [-0.05, 0) is 49.1 Å². The summed E-state index contributed by atoms with van der Waals surface area (Å²) in [6.45, 7) is 6.69. The number of pyridine rings is 1. The molecule has 0 saturated heterocycles. The summed E-state index contributed by atoms with van der Waals surface area (Å²) in [6, 6.07) is 10.9. The van der Waals surface area contributed by atoms with Crippen LogP contribution in [0.15, 0.2) is 48.8 Å². The van der Waals surface area contributed by atoms with Gasteiger partial charge in [-0.2, -0.15) is 0 Å². The Bertz CT molecular complexity index is 1060. The minimum Gasteiger partial charge on any atom is -0.465 e. The lowest BCUT2D eigenvalue weighted by Crippen LogP contribution is -2.50. The smallest absolute Gasteiger partial charge is 0.321 e. The van der Waals surface area contributed by atoms with Gasteiger partial charge in [-0.25, -0.2) is 4.98 Å². The van der Waals surface area contributed by atoms with Crippen LogP contribution >= 0.6 is 0 Å². The van der Waals surface area contributed by atoms with Crippen LogP contribution in [0.1, 0.15) is 38.8 Å². The second-order valence-electron chi connectivity index (χ2n) is 7.90. The summed E-state index contributed by atoms with van der Waals surface area (Å²) >= 11 is 0. The monoisotopic (exact) mass is 406 g/mol. The van der Waals surface area contributed by atoms with Gasteiger partial charge < -0.3 is 9.30 Å². The van der Waals surface area contributed by atoms with E-state index in [-0.39, 0.29) is 12.5 Å². The number of benzene rings is 1. The fourth-order valence-corrected chi connectivity index (χ4v) is 4.01. The summed E-state index contributed by atoms with van der Waals surface area (Å²) in [5, 5.41) is 0. The average molecular weight is 406 g/mol. The largest absolute Gasteiger partial charge is 0.465 e. The molecule has 30 heavy (non-hydrogen) atoms. The Morgan fingerprint density at radius 2 is 1.90 bits per heavy atom. The van der Waals surface area contributed by atoms with Gasteiger partial charge in [0.2, 0.25) is 11.9 Å². The van der Waals surface area contributed by atoms with E-state index in [1.54, 1.807) is 24.2 Å². The molecule has 4 rings (SSSR count). The van der Waals surface area contributed by atoms with Gasteiger partial charge in [0.1, 0.15) is 0 Å². The Labute approximate surface area is 175 Å². The van der Waals surface area contributed by atoms with Gasteiger partial charge in [0.25, 0.3) is 0 Å². The highest BCUT2D eigenvalue weighted by molar-refractivity contribution is 6.08. The van der Waals surface area contributed by atoms with Gasteiger partial charge in [0, 0.05) is 18.9 Å². The Kier molecular flexibility index (Phi) is 5.53. The molecule has 3 heterocycles. The summed E-state index contributed by atoms with van der Waals surface area (Å²) in [4.78, 5) is 37.2. The number of carbonyl (C=O) groups excluding carboxylic acids is 2. The maximum atomic E-state index is 13.6. The van der Waals surface area contributed by atoms with Crippen molar-refractivity contribution in [1.29, 1.82) is 0 Å². The minimum atomic E-state index is -0.982. The molecule has 0 aliphatic carbocycles. The molecule has 0 unspecified atom stereocenters.